The van der Waals surface area contributed by atoms with Crippen LogP contribution >= 0.6 is 22.6 Å². The number of hydrogen-bond donors (Lipinski definition) is 0. The molecule has 0 saturated carbocycles. The first kappa shape index (κ1) is 8.96. The first-order valence-electron chi connectivity index (χ1n) is 3.66. The van der Waals surface area contributed by atoms with E-state index in [0.29, 0.717) is 5.92 Å². The minimum Gasteiger partial charge on any atom is -0.249 e. The van der Waals surface area contributed by atoms with E-state index in [4.69, 9.17) is 0 Å². The lowest BCUT2D eigenvalue weighted by atomic mass is 10.2. The molecular weight excluding hydrogens is 253 g/mol. The Morgan fingerprint density at radius 2 is 2.36 bits per heavy atom. The first-order valence-corrected chi connectivity index (χ1v) is 5.19. The molecule has 0 spiro atoms. The van der Waals surface area contributed by atoms with Crippen molar-refractivity contribution in [2.75, 3.05) is 0 Å². The Kier molecular flexibility index (Phi) is 3.29. The fourth-order valence-electron chi connectivity index (χ4n) is 0.890. The largest absolute Gasteiger partial charge is 0.249 e. The molecule has 0 N–H and O–H groups in total. The van der Waals surface area contributed by atoms with Gasteiger partial charge in [0.05, 0.1) is 4.43 Å². The number of rotatable bonds is 3. The summed E-state index contributed by atoms with van der Waals surface area (Å²) in [7, 11) is 0. The normalized spacial score (nSPS) is 10.9. The van der Waals surface area contributed by atoms with E-state index in [-0.39, 0.29) is 0 Å². The second kappa shape index (κ2) is 4.04. The van der Waals surface area contributed by atoms with Crippen molar-refractivity contribution in [1.82, 2.24) is 14.8 Å². The molecule has 0 amide bonds. The van der Waals surface area contributed by atoms with Crippen molar-refractivity contribution < 1.29 is 0 Å². The summed E-state index contributed by atoms with van der Waals surface area (Å²) >= 11 is 2.30. The molecule has 0 aliphatic heterocycles. The maximum absolute atomic E-state index is 4.13. The second-order valence-corrected chi connectivity index (χ2v) is 3.65. The summed E-state index contributed by atoms with van der Waals surface area (Å²) < 4.78 is 2.90. The summed E-state index contributed by atoms with van der Waals surface area (Å²) in [6.45, 7) is 5.33. The third-order valence-electron chi connectivity index (χ3n) is 1.35. The minimum atomic E-state index is 0.637. The van der Waals surface area contributed by atoms with Gasteiger partial charge in [-0.15, -0.1) is 0 Å². The number of halogens is 1. The Hall–Kier alpha value is -0.130. The van der Waals surface area contributed by atoms with E-state index in [9.17, 15) is 0 Å². The third-order valence-corrected chi connectivity index (χ3v) is 2.04. The Balaban J connectivity index is 2.68. The van der Waals surface area contributed by atoms with E-state index in [1.54, 1.807) is 6.33 Å². The van der Waals surface area contributed by atoms with Crippen LogP contribution in [0.5, 0.6) is 0 Å². The van der Waals surface area contributed by atoms with E-state index >= 15 is 0 Å². The summed E-state index contributed by atoms with van der Waals surface area (Å²) in [5.74, 6) is 1.71. The average molecular weight is 265 g/mol. The standard InChI is InChI=1S/C7H12IN3/c1-6(2)4-11-7(3-8)9-5-10-11/h5-6H,3-4H2,1-2H3. The van der Waals surface area contributed by atoms with Crippen molar-refractivity contribution in [2.45, 2.75) is 24.8 Å². The van der Waals surface area contributed by atoms with Crippen LogP contribution in [0.3, 0.4) is 0 Å². The topological polar surface area (TPSA) is 30.7 Å². The van der Waals surface area contributed by atoms with Gasteiger partial charge in [-0.1, -0.05) is 36.4 Å². The average Bonchev–Trinajstić information content (AvgIpc) is 2.34. The predicted octanol–water partition coefficient (Wildman–Crippen LogP) is 1.87. The van der Waals surface area contributed by atoms with Crippen molar-refractivity contribution in [2.24, 2.45) is 5.92 Å². The van der Waals surface area contributed by atoms with Gasteiger partial charge >= 0.3 is 0 Å². The highest BCUT2D eigenvalue weighted by Gasteiger charge is 2.03. The maximum Gasteiger partial charge on any atom is 0.138 e. The predicted molar refractivity (Wildman–Crippen MR) is 52.6 cm³/mol. The van der Waals surface area contributed by atoms with Crippen LogP contribution in [0.1, 0.15) is 19.7 Å². The molecular formula is C7H12IN3. The van der Waals surface area contributed by atoms with E-state index in [1.165, 1.54) is 0 Å². The van der Waals surface area contributed by atoms with Gasteiger partial charge in [-0.3, -0.25) is 0 Å². The molecule has 0 aliphatic carbocycles. The van der Waals surface area contributed by atoms with Crippen LogP contribution in [0.2, 0.25) is 0 Å². The van der Waals surface area contributed by atoms with Gasteiger partial charge in [0, 0.05) is 6.54 Å². The highest BCUT2D eigenvalue weighted by Crippen LogP contribution is 2.04. The lowest BCUT2D eigenvalue weighted by molar-refractivity contribution is 0.472. The fraction of sp³-hybridized carbons (Fsp3) is 0.714. The number of nitrogens with zero attached hydrogens (tertiary/aromatic N) is 3. The SMILES string of the molecule is CC(C)Cn1ncnc1CI. The van der Waals surface area contributed by atoms with Gasteiger partial charge in [0.1, 0.15) is 12.2 Å². The Labute approximate surface area is 80.3 Å². The van der Waals surface area contributed by atoms with Crippen LogP contribution in [-0.2, 0) is 11.0 Å². The molecule has 0 atom stereocenters. The van der Waals surface area contributed by atoms with Gasteiger partial charge in [0.2, 0.25) is 0 Å². The number of alkyl halides is 1. The van der Waals surface area contributed by atoms with Crippen LogP contribution in [0.15, 0.2) is 6.33 Å². The van der Waals surface area contributed by atoms with Crippen molar-refractivity contribution in [3.63, 3.8) is 0 Å². The molecule has 1 aromatic rings. The molecule has 0 fully saturated rings. The van der Waals surface area contributed by atoms with Gasteiger partial charge in [-0.05, 0) is 5.92 Å². The third kappa shape index (κ3) is 2.43. The smallest absolute Gasteiger partial charge is 0.138 e. The van der Waals surface area contributed by atoms with Crippen LogP contribution in [-0.4, -0.2) is 14.8 Å². The highest BCUT2D eigenvalue weighted by molar-refractivity contribution is 14.1. The lowest BCUT2D eigenvalue weighted by Crippen LogP contribution is -2.08. The number of hydrogen-bond acceptors (Lipinski definition) is 2. The molecule has 3 nitrogen and oxygen atoms in total. The zero-order chi connectivity index (χ0) is 8.27. The molecule has 4 heteroatoms. The van der Waals surface area contributed by atoms with Crippen LogP contribution in [0.4, 0.5) is 0 Å². The molecule has 11 heavy (non-hydrogen) atoms. The lowest BCUT2D eigenvalue weighted by Gasteiger charge is -2.05. The van der Waals surface area contributed by atoms with E-state index in [0.717, 1.165) is 16.8 Å². The first-order chi connectivity index (χ1) is 5.24. The summed E-state index contributed by atoms with van der Waals surface area (Å²) in [5.41, 5.74) is 0. The second-order valence-electron chi connectivity index (χ2n) is 2.89. The van der Waals surface area contributed by atoms with E-state index in [1.807, 2.05) is 4.68 Å². The zero-order valence-electron chi connectivity index (χ0n) is 6.79. The summed E-state index contributed by atoms with van der Waals surface area (Å²) in [4.78, 5) is 4.13. The van der Waals surface area contributed by atoms with Crippen LogP contribution < -0.4 is 0 Å². The molecule has 0 aliphatic rings. The Bertz CT molecular complexity index is 219. The molecule has 1 rings (SSSR count). The molecule has 0 saturated heterocycles. The van der Waals surface area contributed by atoms with Gasteiger partial charge in [0.25, 0.3) is 0 Å². The zero-order valence-corrected chi connectivity index (χ0v) is 8.95. The molecule has 0 radical (unpaired) electrons. The van der Waals surface area contributed by atoms with Gasteiger partial charge in [-0.25, -0.2) is 9.67 Å². The van der Waals surface area contributed by atoms with Crippen molar-refractivity contribution in [1.29, 1.82) is 0 Å². The molecule has 0 unspecified atom stereocenters. The molecule has 1 heterocycles. The van der Waals surface area contributed by atoms with Crippen LogP contribution in [0.25, 0.3) is 0 Å². The Morgan fingerprint density at radius 3 is 2.91 bits per heavy atom. The van der Waals surface area contributed by atoms with E-state index < -0.39 is 0 Å². The maximum atomic E-state index is 4.13. The van der Waals surface area contributed by atoms with Crippen LogP contribution in [0, 0.1) is 5.92 Å². The minimum absolute atomic E-state index is 0.637. The molecule has 0 aromatic carbocycles. The van der Waals surface area contributed by atoms with Gasteiger partial charge in [-0.2, -0.15) is 5.10 Å². The molecule has 62 valence electrons. The van der Waals surface area contributed by atoms with Crippen molar-refractivity contribution in [3.05, 3.63) is 12.2 Å². The monoisotopic (exact) mass is 265 g/mol. The van der Waals surface area contributed by atoms with Gasteiger partial charge < -0.3 is 0 Å². The quantitative estimate of drug-likeness (QED) is 0.617. The molecule has 1 aromatic heterocycles. The fourth-order valence-corrected chi connectivity index (χ4v) is 1.48. The van der Waals surface area contributed by atoms with Gasteiger partial charge in [0.15, 0.2) is 0 Å². The number of aromatic nitrogens is 3. The van der Waals surface area contributed by atoms with Crippen molar-refractivity contribution in [3.8, 4) is 0 Å². The summed E-state index contributed by atoms with van der Waals surface area (Å²) in [6.07, 6.45) is 1.62. The van der Waals surface area contributed by atoms with Crippen molar-refractivity contribution >= 4 is 22.6 Å². The highest BCUT2D eigenvalue weighted by atomic mass is 127. The van der Waals surface area contributed by atoms with E-state index in [2.05, 4.69) is 46.5 Å². The summed E-state index contributed by atoms with van der Waals surface area (Å²) in [5, 5.41) is 4.13. The Morgan fingerprint density at radius 1 is 1.64 bits per heavy atom. The molecule has 0 bridgehead atoms. The summed E-state index contributed by atoms with van der Waals surface area (Å²) in [6, 6.07) is 0.